The van der Waals surface area contributed by atoms with Gasteiger partial charge in [0.05, 0.1) is 0 Å². The van der Waals surface area contributed by atoms with Crippen molar-refractivity contribution in [2.45, 2.75) is 51.6 Å². The Bertz CT molecular complexity index is 366. The Morgan fingerprint density at radius 2 is 2.27 bits per heavy atom. The number of aryl methyl sites for hydroxylation is 1. The average molecular weight is 221 g/mol. The van der Waals surface area contributed by atoms with Crippen LogP contribution in [-0.2, 0) is 6.42 Å². The molecule has 1 saturated carbocycles. The van der Waals surface area contributed by atoms with E-state index in [0.29, 0.717) is 11.5 Å². The van der Waals surface area contributed by atoms with Crippen LogP contribution in [0.4, 0.5) is 0 Å². The Balaban J connectivity index is 1.74. The lowest BCUT2D eigenvalue weighted by atomic mass is 9.94. The molecule has 15 heavy (non-hydrogen) atoms. The molecule has 0 radical (unpaired) electrons. The molecule has 1 fully saturated rings. The van der Waals surface area contributed by atoms with Crippen molar-refractivity contribution in [2.24, 2.45) is 5.41 Å². The van der Waals surface area contributed by atoms with Crippen LogP contribution in [0.5, 0.6) is 0 Å². The van der Waals surface area contributed by atoms with E-state index < -0.39 is 0 Å². The molecule has 1 aromatic rings. The Kier molecular flexibility index (Phi) is 2.18. The predicted octanol–water partition coefficient (Wildman–Crippen LogP) is 3.51. The first-order valence-electron chi connectivity index (χ1n) is 5.99. The molecule has 82 valence electrons. The maximum Gasteiger partial charge on any atom is 0.0334 e. The Morgan fingerprint density at radius 3 is 3.00 bits per heavy atom. The molecule has 1 nitrogen and oxygen atoms in total. The molecule has 1 N–H and O–H groups in total. The summed E-state index contributed by atoms with van der Waals surface area (Å²) in [5.74, 6) is 0. The highest BCUT2D eigenvalue weighted by molar-refractivity contribution is 7.10. The molecule has 1 heterocycles. The van der Waals surface area contributed by atoms with E-state index in [1.165, 1.54) is 25.7 Å². The minimum absolute atomic E-state index is 0.549. The smallest absolute Gasteiger partial charge is 0.0334 e. The van der Waals surface area contributed by atoms with Gasteiger partial charge in [0.1, 0.15) is 0 Å². The van der Waals surface area contributed by atoms with Gasteiger partial charge < -0.3 is 5.32 Å². The number of fused-ring (bicyclic) bond motifs is 1. The molecular formula is C13H19NS. The normalized spacial score (nSPS) is 32.4. The number of rotatable bonds is 2. The number of nitrogens with one attached hydrogen (secondary N) is 1. The van der Waals surface area contributed by atoms with E-state index in [4.69, 9.17) is 0 Å². The fourth-order valence-corrected chi connectivity index (χ4v) is 3.64. The molecule has 0 saturated heterocycles. The molecule has 2 aliphatic carbocycles. The second-order valence-corrected chi connectivity index (χ2v) is 6.66. The fourth-order valence-electron chi connectivity index (χ4n) is 2.65. The Morgan fingerprint density at radius 1 is 1.47 bits per heavy atom. The van der Waals surface area contributed by atoms with Crippen molar-refractivity contribution in [2.75, 3.05) is 0 Å². The van der Waals surface area contributed by atoms with E-state index in [-0.39, 0.29) is 0 Å². The quantitative estimate of drug-likeness (QED) is 0.806. The first kappa shape index (κ1) is 9.86. The summed E-state index contributed by atoms with van der Waals surface area (Å²) >= 11 is 1.94. The lowest BCUT2D eigenvalue weighted by Crippen LogP contribution is -2.28. The van der Waals surface area contributed by atoms with Gasteiger partial charge in [-0.1, -0.05) is 13.8 Å². The van der Waals surface area contributed by atoms with Gasteiger partial charge in [-0.2, -0.15) is 0 Å². The van der Waals surface area contributed by atoms with Gasteiger partial charge in [-0.05, 0) is 48.1 Å². The molecular weight excluding hydrogens is 202 g/mol. The predicted molar refractivity (Wildman–Crippen MR) is 65.3 cm³/mol. The second-order valence-electron chi connectivity index (χ2n) is 5.66. The van der Waals surface area contributed by atoms with Crippen molar-refractivity contribution in [3.63, 3.8) is 0 Å². The van der Waals surface area contributed by atoms with Crippen molar-refractivity contribution in [1.82, 2.24) is 5.32 Å². The molecule has 0 amide bonds. The first-order valence-corrected chi connectivity index (χ1v) is 6.87. The monoisotopic (exact) mass is 221 g/mol. The number of hydrogen-bond acceptors (Lipinski definition) is 2. The average Bonchev–Trinajstić information content (AvgIpc) is 2.66. The molecule has 1 aromatic heterocycles. The largest absolute Gasteiger partial charge is 0.307 e. The molecule has 0 spiro atoms. The summed E-state index contributed by atoms with van der Waals surface area (Å²) in [5.41, 5.74) is 2.14. The van der Waals surface area contributed by atoms with Crippen LogP contribution in [0.1, 0.15) is 49.6 Å². The van der Waals surface area contributed by atoms with E-state index in [2.05, 4.69) is 30.6 Å². The molecule has 2 heteroatoms. The van der Waals surface area contributed by atoms with Crippen LogP contribution in [0.3, 0.4) is 0 Å². The standard InChI is InChI=1S/C13H19NS/c1-13(2)8-12(13)14-10-4-3-5-11-9(10)6-7-15-11/h6-7,10,12,14H,3-5,8H2,1-2H3. The third kappa shape index (κ3) is 1.74. The van der Waals surface area contributed by atoms with E-state index in [0.717, 1.165) is 6.04 Å². The van der Waals surface area contributed by atoms with Crippen LogP contribution in [0, 0.1) is 5.41 Å². The third-order valence-corrected chi connectivity index (χ3v) is 4.96. The summed E-state index contributed by atoms with van der Waals surface area (Å²) in [6.45, 7) is 4.73. The fraction of sp³-hybridized carbons (Fsp3) is 0.692. The van der Waals surface area contributed by atoms with Crippen LogP contribution in [0.15, 0.2) is 11.4 Å². The first-order chi connectivity index (χ1) is 7.17. The molecule has 3 rings (SSSR count). The topological polar surface area (TPSA) is 12.0 Å². The summed E-state index contributed by atoms with van der Waals surface area (Å²) in [4.78, 5) is 1.62. The van der Waals surface area contributed by atoms with Crippen molar-refractivity contribution in [3.8, 4) is 0 Å². The Hall–Kier alpha value is -0.340. The Labute approximate surface area is 95.9 Å². The van der Waals surface area contributed by atoms with Gasteiger partial charge >= 0.3 is 0 Å². The zero-order valence-electron chi connectivity index (χ0n) is 9.55. The van der Waals surface area contributed by atoms with Crippen molar-refractivity contribution >= 4 is 11.3 Å². The minimum atomic E-state index is 0.549. The van der Waals surface area contributed by atoms with Crippen LogP contribution < -0.4 is 5.32 Å². The lowest BCUT2D eigenvalue weighted by Gasteiger charge is -2.24. The van der Waals surface area contributed by atoms with Gasteiger partial charge in [-0.3, -0.25) is 0 Å². The van der Waals surface area contributed by atoms with Gasteiger partial charge in [0.15, 0.2) is 0 Å². The molecule has 0 aromatic carbocycles. The zero-order valence-corrected chi connectivity index (χ0v) is 10.4. The van der Waals surface area contributed by atoms with Gasteiger partial charge in [0, 0.05) is 17.0 Å². The highest BCUT2D eigenvalue weighted by Crippen LogP contribution is 2.47. The summed E-state index contributed by atoms with van der Waals surface area (Å²) in [6.07, 6.45) is 5.34. The van der Waals surface area contributed by atoms with Gasteiger partial charge in [-0.25, -0.2) is 0 Å². The number of thiophene rings is 1. The summed E-state index contributed by atoms with van der Waals surface area (Å²) in [6, 6.07) is 3.73. The zero-order chi connectivity index (χ0) is 10.5. The summed E-state index contributed by atoms with van der Waals surface area (Å²) in [5, 5.41) is 6.08. The van der Waals surface area contributed by atoms with Gasteiger partial charge in [0.25, 0.3) is 0 Å². The van der Waals surface area contributed by atoms with Crippen molar-refractivity contribution in [3.05, 3.63) is 21.9 Å². The van der Waals surface area contributed by atoms with Gasteiger partial charge in [-0.15, -0.1) is 11.3 Å². The highest BCUT2D eigenvalue weighted by atomic mass is 32.1. The summed E-state index contributed by atoms with van der Waals surface area (Å²) in [7, 11) is 0. The van der Waals surface area contributed by atoms with E-state index in [9.17, 15) is 0 Å². The summed E-state index contributed by atoms with van der Waals surface area (Å²) < 4.78 is 0. The van der Waals surface area contributed by atoms with Crippen molar-refractivity contribution in [1.29, 1.82) is 0 Å². The van der Waals surface area contributed by atoms with Crippen LogP contribution in [0.25, 0.3) is 0 Å². The third-order valence-electron chi connectivity index (χ3n) is 3.97. The molecule has 2 aliphatic rings. The maximum absolute atomic E-state index is 3.83. The molecule has 2 unspecified atom stereocenters. The SMILES string of the molecule is CC1(C)CC1NC1CCCc2sccc21. The van der Waals surface area contributed by atoms with Crippen LogP contribution in [0.2, 0.25) is 0 Å². The molecule has 2 atom stereocenters. The molecule has 0 aliphatic heterocycles. The van der Waals surface area contributed by atoms with E-state index >= 15 is 0 Å². The van der Waals surface area contributed by atoms with E-state index in [1.54, 1.807) is 10.4 Å². The van der Waals surface area contributed by atoms with Crippen molar-refractivity contribution < 1.29 is 0 Å². The lowest BCUT2D eigenvalue weighted by molar-refractivity contribution is 0.426. The highest BCUT2D eigenvalue weighted by Gasteiger charge is 2.46. The van der Waals surface area contributed by atoms with Gasteiger partial charge in [0.2, 0.25) is 0 Å². The minimum Gasteiger partial charge on any atom is -0.307 e. The van der Waals surface area contributed by atoms with Crippen LogP contribution >= 0.6 is 11.3 Å². The maximum atomic E-state index is 3.83. The van der Waals surface area contributed by atoms with Crippen LogP contribution in [-0.4, -0.2) is 6.04 Å². The number of hydrogen-bond donors (Lipinski definition) is 1. The molecule has 0 bridgehead atoms. The van der Waals surface area contributed by atoms with E-state index in [1.807, 2.05) is 11.3 Å². The second kappa shape index (κ2) is 3.33.